The summed E-state index contributed by atoms with van der Waals surface area (Å²) in [5.74, 6) is 0.261. The third kappa shape index (κ3) is 3.14. The van der Waals surface area contributed by atoms with Crippen molar-refractivity contribution in [2.45, 2.75) is 20.5 Å². The van der Waals surface area contributed by atoms with E-state index in [1.54, 1.807) is 6.07 Å². The topological polar surface area (TPSA) is 29.5 Å². The zero-order chi connectivity index (χ0) is 14.0. The first kappa shape index (κ1) is 14.0. The Morgan fingerprint density at radius 2 is 1.79 bits per heavy atom. The molecule has 2 aromatic carbocycles. The summed E-state index contributed by atoms with van der Waals surface area (Å²) in [6, 6.07) is 8.12. The van der Waals surface area contributed by atoms with Crippen molar-refractivity contribution in [2.24, 2.45) is 0 Å². The van der Waals surface area contributed by atoms with Gasteiger partial charge in [0.25, 0.3) is 0 Å². The fourth-order valence-electron chi connectivity index (χ4n) is 1.82. The molecule has 0 aliphatic rings. The van der Waals surface area contributed by atoms with Gasteiger partial charge in [0, 0.05) is 4.47 Å². The Balaban J connectivity index is 2.31. The highest BCUT2D eigenvalue weighted by Crippen LogP contribution is 2.30. The van der Waals surface area contributed by atoms with Crippen LogP contribution in [0.2, 0.25) is 0 Å². The number of aryl methyl sites for hydroxylation is 2. The summed E-state index contributed by atoms with van der Waals surface area (Å²) in [5, 5.41) is 8.93. The van der Waals surface area contributed by atoms with Gasteiger partial charge in [-0.25, -0.2) is 4.39 Å². The van der Waals surface area contributed by atoms with Crippen LogP contribution >= 0.6 is 15.9 Å². The van der Waals surface area contributed by atoms with Gasteiger partial charge in [-0.2, -0.15) is 0 Å². The summed E-state index contributed by atoms with van der Waals surface area (Å²) in [7, 11) is 0. The molecule has 19 heavy (non-hydrogen) atoms. The first-order valence-corrected chi connectivity index (χ1v) is 6.64. The Labute approximate surface area is 120 Å². The number of benzene rings is 2. The minimum atomic E-state index is -0.482. The van der Waals surface area contributed by atoms with E-state index in [0.29, 0.717) is 11.3 Å². The van der Waals surface area contributed by atoms with E-state index < -0.39 is 5.82 Å². The Morgan fingerprint density at radius 3 is 2.32 bits per heavy atom. The summed E-state index contributed by atoms with van der Waals surface area (Å²) >= 11 is 3.47. The molecule has 0 amide bonds. The van der Waals surface area contributed by atoms with E-state index in [9.17, 15) is 4.39 Å². The van der Waals surface area contributed by atoms with Crippen molar-refractivity contribution >= 4 is 15.9 Å². The monoisotopic (exact) mass is 324 g/mol. The summed E-state index contributed by atoms with van der Waals surface area (Å²) < 4.78 is 20.3. The Kier molecular flexibility index (Phi) is 4.22. The number of rotatable bonds is 3. The van der Waals surface area contributed by atoms with Gasteiger partial charge in [0.05, 0.1) is 6.61 Å². The Bertz CT molecular complexity index is 588. The molecule has 0 aliphatic heterocycles. The summed E-state index contributed by atoms with van der Waals surface area (Å²) in [4.78, 5) is 0. The van der Waals surface area contributed by atoms with Gasteiger partial charge in [-0.3, -0.25) is 0 Å². The fraction of sp³-hybridized carbons (Fsp3) is 0.200. The average molecular weight is 325 g/mol. The van der Waals surface area contributed by atoms with E-state index in [2.05, 4.69) is 15.9 Å². The molecule has 0 aromatic heterocycles. The molecule has 4 heteroatoms. The summed E-state index contributed by atoms with van der Waals surface area (Å²) in [5.41, 5.74) is 2.58. The molecule has 2 nitrogen and oxygen atoms in total. The molecule has 100 valence electrons. The first-order valence-electron chi connectivity index (χ1n) is 5.85. The summed E-state index contributed by atoms with van der Waals surface area (Å²) in [6.07, 6.45) is 0. The van der Waals surface area contributed by atoms with E-state index in [4.69, 9.17) is 9.84 Å². The van der Waals surface area contributed by atoms with Gasteiger partial charge in [-0.15, -0.1) is 0 Å². The molecule has 0 aliphatic carbocycles. The molecule has 0 heterocycles. The molecule has 2 rings (SSSR count). The second kappa shape index (κ2) is 5.72. The van der Waals surface area contributed by atoms with Crippen molar-refractivity contribution in [3.8, 4) is 11.5 Å². The van der Waals surface area contributed by atoms with Crippen LogP contribution in [0.1, 0.15) is 16.7 Å². The second-order valence-corrected chi connectivity index (χ2v) is 5.19. The van der Waals surface area contributed by atoms with Gasteiger partial charge in [-0.1, -0.05) is 22.0 Å². The highest BCUT2D eigenvalue weighted by Gasteiger charge is 2.08. The molecule has 0 bridgehead atoms. The van der Waals surface area contributed by atoms with Crippen LogP contribution in [0, 0.1) is 19.7 Å². The third-order valence-electron chi connectivity index (χ3n) is 2.82. The number of aliphatic hydroxyl groups excluding tert-OH is 1. The largest absolute Gasteiger partial charge is 0.454 e. The molecule has 0 unspecified atom stereocenters. The van der Waals surface area contributed by atoms with Crippen molar-refractivity contribution in [2.75, 3.05) is 0 Å². The predicted molar refractivity (Wildman–Crippen MR) is 76.0 cm³/mol. The van der Waals surface area contributed by atoms with Crippen LogP contribution in [0.3, 0.4) is 0 Å². The van der Waals surface area contributed by atoms with Crippen molar-refractivity contribution < 1.29 is 14.2 Å². The van der Waals surface area contributed by atoms with E-state index in [1.165, 1.54) is 12.1 Å². The second-order valence-electron chi connectivity index (χ2n) is 4.40. The molecule has 2 aromatic rings. The van der Waals surface area contributed by atoms with Gasteiger partial charge in [0.1, 0.15) is 5.75 Å². The zero-order valence-corrected chi connectivity index (χ0v) is 12.3. The van der Waals surface area contributed by atoms with Gasteiger partial charge in [0.15, 0.2) is 11.6 Å². The number of hydrogen-bond donors (Lipinski definition) is 1. The molecular formula is C15H14BrFO2. The van der Waals surface area contributed by atoms with Crippen LogP contribution in [0.5, 0.6) is 11.5 Å². The van der Waals surface area contributed by atoms with Gasteiger partial charge in [0.2, 0.25) is 0 Å². The van der Waals surface area contributed by atoms with E-state index in [0.717, 1.165) is 15.6 Å². The molecule has 0 saturated carbocycles. The molecule has 0 saturated heterocycles. The number of halogens is 2. The number of aliphatic hydroxyl groups is 1. The summed E-state index contributed by atoms with van der Waals surface area (Å²) in [6.45, 7) is 3.72. The van der Waals surface area contributed by atoms with E-state index in [1.807, 2.05) is 26.0 Å². The van der Waals surface area contributed by atoms with Crippen LogP contribution in [0.15, 0.2) is 34.8 Å². The van der Waals surface area contributed by atoms with Crippen LogP contribution in [0.25, 0.3) is 0 Å². The molecule has 0 radical (unpaired) electrons. The SMILES string of the molecule is Cc1cc(Oc2ccc(CO)cc2F)cc(C)c1Br. The van der Waals surface area contributed by atoms with Crippen LogP contribution in [-0.4, -0.2) is 5.11 Å². The van der Waals surface area contributed by atoms with E-state index in [-0.39, 0.29) is 12.4 Å². The lowest BCUT2D eigenvalue weighted by molar-refractivity contribution is 0.281. The average Bonchev–Trinajstić information content (AvgIpc) is 2.38. The maximum Gasteiger partial charge on any atom is 0.166 e. The van der Waals surface area contributed by atoms with Gasteiger partial charge in [-0.05, 0) is 54.8 Å². The molecule has 0 fully saturated rings. The molecule has 1 N–H and O–H groups in total. The first-order chi connectivity index (χ1) is 9.01. The fourth-order valence-corrected chi connectivity index (χ4v) is 2.05. The Morgan fingerprint density at radius 1 is 1.16 bits per heavy atom. The minimum absolute atomic E-state index is 0.151. The van der Waals surface area contributed by atoms with Crippen LogP contribution in [-0.2, 0) is 6.61 Å². The van der Waals surface area contributed by atoms with Crippen molar-refractivity contribution in [1.82, 2.24) is 0 Å². The number of ether oxygens (including phenoxy) is 1. The molecule has 0 atom stereocenters. The maximum absolute atomic E-state index is 13.8. The lowest BCUT2D eigenvalue weighted by atomic mass is 10.1. The zero-order valence-electron chi connectivity index (χ0n) is 10.7. The standard InChI is InChI=1S/C15H14BrFO2/c1-9-5-12(6-10(2)15(9)16)19-14-4-3-11(8-18)7-13(14)17/h3-7,18H,8H2,1-2H3. The third-order valence-corrected chi connectivity index (χ3v) is 4.07. The highest BCUT2D eigenvalue weighted by atomic mass is 79.9. The van der Waals surface area contributed by atoms with Gasteiger partial charge < -0.3 is 9.84 Å². The molecular weight excluding hydrogens is 311 g/mol. The van der Waals surface area contributed by atoms with Crippen molar-refractivity contribution in [1.29, 1.82) is 0 Å². The lowest BCUT2D eigenvalue weighted by Gasteiger charge is -2.11. The smallest absolute Gasteiger partial charge is 0.166 e. The maximum atomic E-state index is 13.8. The highest BCUT2D eigenvalue weighted by molar-refractivity contribution is 9.10. The van der Waals surface area contributed by atoms with Crippen molar-refractivity contribution in [3.63, 3.8) is 0 Å². The Hall–Kier alpha value is -1.39. The minimum Gasteiger partial charge on any atom is -0.454 e. The predicted octanol–water partition coefficient (Wildman–Crippen LogP) is 4.49. The molecule has 0 spiro atoms. The van der Waals surface area contributed by atoms with Crippen LogP contribution in [0.4, 0.5) is 4.39 Å². The van der Waals surface area contributed by atoms with Crippen molar-refractivity contribution in [3.05, 3.63) is 57.3 Å². The van der Waals surface area contributed by atoms with Gasteiger partial charge >= 0.3 is 0 Å². The number of hydrogen-bond acceptors (Lipinski definition) is 2. The van der Waals surface area contributed by atoms with E-state index >= 15 is 0 Å². The quantitative estimate of drug-likeness (QED) is 0.901. The van der Waals surface area contributed by atoms with Crippen LogP contribution < -0.4 is 4.74 Å². The normalized spacial score (nSPS) is 10.6. The lowest BCUT2D eigenvalue weighted by Crippen LogP contribution is -1.93.